The molecule has 130 valence electrons. The van der Waals surface area contributed by atoms with Crippen molar-refractivity contribution in [3.8, 4) is 5.88 Å². The van der Waals surface area contributed by atoms with Crippen molar-refractivity contribution >= 4 is 17.7 Å². The van der Waals surface area contributed by atoms with Gasteiger partial charge in [0.2, 0.25) is 5.88 Å². The predicted molar refractivity (Wildman–Crippen MR) is 91.5 cm³/mol. The highest BCUT2D eigenvalue weighted by atomic mass is 16.6. The van der Waals surface area contributed by atoms with Gasteiger partial charge in [-0.05, 0) is 31.0 Å². The molecule has 1 aliphatic rings. The van der Waals surface area contributed by atoms with E-state index in [9.17, 15) is 14.7 Å². The Morgan fingerprint density at radius 1 is 1.12 bits per heavy atom. The number of aliphatic hydroxyl groups is 1. The van der Waals surface area contributed by atoms with Crippen LogP contribution in [-0.4, -0.2) is 46.2 Å². The van der Waals surface area contributed by atoms with E-state index in [0.717, 1.165) is 0 Å². The summed E-state index contributed by atoms with van der Waals surface area (Å²) in [5.41, 5.74) is 1.06. The van der Waals surface area contributed by atoms with Crippen molar-refractivity contribution in [3.63, 3.8) is 0 Å². The number of rotatable bonds is 3. The van der Waals surface area contributed by atoms with Gasteiger partial charge in [0, 0.05) is 24.7 Å². The molecule has 1 aromatic heterocycles. The van der Waals surface area contributed by atoms with E-state index in [2.05, 4.69) is 10.3 Å². The van der Waals surface area contributed by atoms with Crippen LogP contribution in [0.25, 0.3) is 0 Å². The first-order valence-corrected chi connectivity index (χ1v) is 8.09. The van der Waals surface area contributed by atoms with Crippen LogP contribution in [-0.2, 0) is 0 Å². The first-order valence-electron chi connectivity index (χ1n) is 8.09. The third-order valence-electron chi connectivity index (χ3n) is 3.94. The van der Waals surface area contributed by atoms with Gasteiger partial charge in [-0.1, -0.05) is 18.2 Å². The van der Waals surface area contributed by atoms with Crippen molar-refractivity contribution in [2.45, 2.75) is 18.9 Å². The van der Waals surface area contributed by atoms with Gasteiger partial charge in [-0.2, -0.15) is 0 Å². The van der Waals surface area contributed by atoms with Crippen molar-refractivity contribution in [3.05, 3.63) is 54.2 Å². The number of carbonyl (C=O) groups excluding carboxylic acids is 2. The van der Waals surface area contributed by atoms with Crippen molar-refractivity contribution < 1.29 is 19.4 Å². The lowest BCUT2D eigenvalue weighted by atomic mass is 10.1. The van der Waals surface area contributed by atoms with Crippen molar-refractivity contribution in [1.29, 1.82) is 0 Å². The molecule has 1 aliphatic heterocycles. The Hall–Kier alpha value is -2.93. The van der Waals surface area contributed by atoms with Gasteiger partial charge < -0.3 is 20.1 Å². The molecule has 0 unspecified atom stereocenters. The number of pyridine rings is 1. The summed E-state index contributed by atoms with van der Waals surface area (Å²) in [5, 5.41) is 12.2. The van der Waals surface area contributed by atoms with Crippen LogP contribution >= 0.6 is 0 Å². The topological polar surface area (TPSA) is 91.8 Å². The zero-order valence-electron chi connectivity index (χ0n) is 13.6. The average molecular weight is 341 g/mol. The van der Waals surface area contributed by atoms with E-state index in [0.29, 0.717) is 37.2 Å². The molecule has 7 nitrogen and oxygen atoms in total. The smallest absolute Gasteiger partial charge is 0.393 e. The molecule has 2 amide bonds. The van der Waals surface area contributed by atoms with E-state index < -0.39 is 6.09 Å². The minimum absolute atomic E-state index is 0.161. The molecule has 0 radical (unpaired) electrons. The molecule has 2 aromatic rings. The molecule has 0 spiro atoms. The maximum absolute atomic E-state index is 12.1. The molecule has 0 atom stereocenters. The van der Waals surface area contributed by atoms with Crippen LogP contribution in [0.4, 0.5) is 10.5 Å². The summed E-state index contributed by atoms with van der Waals surface area (Å²) < 4.78 is 5.22. The quantitative estimate of drug-likeness (QED) is 0.894. The number of likely N-dealkylation sites (tertiary alicyclic amines) is 1. The summed E-state index contributed by atoms with van der Waals surface area (Å²) >= 11 is 0. The fourth-order valence-corrected chi connectivity index (χ4v) is 2.51. The molecule has 7 heteroatoms. The molecule has 2 heterocycles. The van der Waals surface area contributed by atoms with Crippen LogP contribution in [0.2, 0.25) is 0 Å². The molecule has 1 aromatic carbocycles. The highest BCUT2D eigenvalue weighted by Gasteiger charge is 2.23. The highest BCUT2D eigenvalue weighted by Crippen LogP contribution is 2.16. The van der Waals surface area contributed by atoms with Crippen molar-refractivity contribution in [2.24, 2.45) is 0 Å². The fraction of sp³-hybridized carbons (Fsp3) is 0.278. The summed E-state index contributed by atoms with van der Waals surface area (Å²) in [4.78, 5) is 29.7. The number of aliphatic hydroxyl groups excluding tert-OH is 1. The first kappa shape index (κ1) is 16.9. The van der Waals surface area contributed by atoms with Crippen LogP contribution in [0.15, 0.2) is 48.7 Å². The normalized spacial score (nSPS) is 14.8. The number of nitrogens with one attached hydrogen (secondary N) is 1. The van der Waals surface area contributed by atoms with Gasteiger partial charge in [0.15, 0.2) is 0 Å². The van der Waals surface area contributed by atoms with Gasteiger partial charge in [-0.15, -0.1) is 0 Å². The fourth-order valence-electron chi connectivity index (χ4n) is 2.51. The lowest BCUT2D eigenvalue weighted by molar-refractivity contribution is 0.0792. The van der Waals surface area contributed by atoms with Gasteiger partial charge in [0.1, 0.15) is 0 Å². The highest BCUT2D eigenvalue weighted by molar-refractivity contribution is 6.04. The summed E-state index contributed by atoms with van der Waals surface area (Å²) in [6, 6.07) is 12.0. The number of anilines is 1. The minimum atomic E-state index is -0.486. The van der Waals surface area contributed by atoms with Crippen LogP contribution in [0.3, 0.4) is 0 Å². The number of amides is 2. The number of hydrogen-bond acceptors (Lipinski definition) is 5. The molecule has 2 N–H and O–H groups in total. The Labute approximate surface area is 145 Å². The Bertz CT molecular complexity index is 726. The van der Waals surface area contributed by atoms with E-state index in [-0.39, 0.29) is 17.9 Å². The van der Waals surface area contributed by atoms with Gasteiger partial charge in [0.25, 0.3) is 5.91 Å². The zero-order valence-corrected chi connectivity index (χ0v) is 13.6. The molecule has 0 bridgehead atoms. The Kier molecular flexibility index (Phi) is 5.25. The third kappa shape index (κ3) is 4.54. The number of benzene rings is 1. The number of carbonyl (C=O) groups is 2. The number of ether oxygens (including phenoxy) is 1. The van der Waals surface area contributed by atoms with Gasteiger partial charge in [0.05, 0.1) is 18.0 Å². The predicted octanol–water partition coefficient (Wildman–Crippen LogP) is 2.29. The molecule has 1 fully saturated rings. The van der Waals surface area contributed by atoms with Crippen LogP contribution in [0.5, 0.6) is 5.88 Å². The van der Waals surface area contributed by atoms with Gasteiger partial charge >= 0.3 is 6.09 Å². The molecule has 25 heavy (non-hydrogen) atoms. The zero-order chi connectivity index (χ0) is 17.6. The second kappa shape index (κ2) is 7.76. The average Bonchev–Trinajstić information content (AvgIpc) is 2.64. The number of nitrogens with zero attached hydrogens (tertiary/aromatic N) is 2. The van der Waals surface area contributed by atoms with E-state index in [1.807, 2.05) is 6.07 Å². The minimum Gasteiger partial charge on any atom is -0.393 e. The maximum Gasteiger partial charge on any atom is 0.416 e. The standard InChI is InChI=1S/C18H19N3O4/c22-15-8-10-21(11-9-15)18(24)25-16-7-6-14(12-19-16)20-17(23)13-4-2-1-3-5-13/h1-7,12,15,22H,8-11H2,(H,20,23). The van der Waals surface area contributed by atoms with Crippen molar-refractivity contribution in [2.75, 3.05) is 18.4 Å². The summed E-state index contributed by atoms with van der Waals surface area (Å²) in [6.07, 6.45) is 1.69. The Balaban J connectivity index is 1.55. The summed E-state index contributed by atoms with van der Waals surface area (Å²) in [5.74, 6) is -0.0761. The molecule has 3 rings (SSSR count). The Morgan fingerprint density at radius 3 is 2.48 bits per heavy atom. The largest absolute Gasteiger partial charge is 0.416 e. The second-order valence-corrected chi connectivity index (χ2v) is 5.79. The van der Waals surface area contributed by atoms with Crippen molar-refractivity contribution in [1.82, 2.24) is 9.88 Å². The third-order valence-corrected chi connectivity index (χ3v) is 3.94. The molecule has 0 saturated carbocycles. The summed E-state index contributed by atoms with van der Waals surface area (Å²) in [7, 11) is 0. The van der Waals surface area contributed by atoms with E-state index in [4.69, 9.17) is 4.74 Å². The second-order valence-electron chi connectivity index (χ2n) is 5.79. The number of piperidine rings is 1. The van der Waals surface area contributed by atoms with Crippen LogP contribution in [0, 0.1) is 0 Å². The maximum atomic E-state index is 12.1. The van der Waals surface area contributed by atoms with E-state index in [1.54, 1.807) is 35.2 Å². The molecular formula is C18H19N3O4. The molecule has 1 saturated heterocycles. The monoisotopic (exact) mass is 341 g/mol. The molecular weight excluding hydrogens is 322 g/mol. The van der Waals surface area contributed by atoms with E-state index >= 15 is 0 Å². The number of hydrogen-bond donors (Lipinski definition) is 2. The number of aromatic nitrogens is 1. The Morgan fingerprint density at radius 2 is 1.84 bits per heavy atom. The molecule has 0 aliphatic carbocycles. The lowest BCUT2D eigenvalue weighted by Gasteiger charge is -2.28. The first-order chi connectivity index (χ1) is 12.1. The van der Waals surface area contributed by atoms with Crippen LogP contribution in [0.1, 0.15) is 23.2 Å². The SMILES string of the molecule is O=C(Nc1ccc(OC(=O)N2CCC(O)CC2)nc1)c1ccccc1. The lowest BCUT2D eigenvalue weighted by Crippen LogP contribution is -2.41. The van der Waals surface area contributed by atoms with Gasteiger partial charge in [-0.25, -0.2) is 9.78 Å². The van der Waals surface area contributed by atoms with Gasteiger partial charge in [-0.3, -0.25) is 4.79 Å². The summed E-state index contributed by atoms with van der Waals surface area (Å²) in [6.45, 7) is 0.927. The van der Waals surface area contributed by atoms with E-state index in [1.165, 1.54) is 12.3 Å². The van der Waals surface area contributed by atoms with Crippen LogP contribution < -0.4 is 10.1 Å².